The number of aryl methyl sites for hydroxylation is 1. The van der Waals surface area contributed by atoms with Crippen molar-refractivity contribution in [3.05, 3.63) is 47.5 Å². The fourth-order valence-corrected chi connectivity index (χ4v) is 2.43. The SMILES string of the molecule is CCC(N)Cc1cc(F)ccc1N(C)Cc1cnn(C)c1. The minimum atomic E-state index is -0.216. The van der Waals surface area contributed by atoms with Gasteiger partial charge in [0.25, 0.3) is 0 Å². The van der Waals surface area contributed by atoms with Crippen LogP contribution in [0.15, 0.2) is 30.6 Å². The summed E-state index contributed by atoms with van der Waals surface area (Å²) in [5, 5.41) is 4.17. The Hall–Kier alpha value is -1.88. The highest BCUT2D eigenvalue weighted by molar-refractivity contribution is 5.54. The summed E-state index contributed by atoms with van der Waals surface area (Å²) < 4.78 is 15.3. The zero-order valence-corrected chi connectivity index (χ0v) is 12.9. The maximum absolute atomic E-state index is 13.5. The zero-order valence-electron chi connectivity index (χ0n) is 12.9. The van der Waals surface area contributed by atoms with Crippen molar-refractivity contribution < 1.29 is 4.39 Å². The van der Waals surface area contributed by atoms with Gasteiger partial charge in [-0.2, -0.15) is 5.10 Å². The number of nitrogens with zero attached hydrogens (tertiary/aromatic N) is 3. The van der Waals surface area contributed by atoms with Crippen molar-refractivity contribution in [2.24, 2.45) is 12.8 Å². The number of hydrogen-bond acceptors (Lipinski definition) is 3. The summed E-state index contributed by atoms with van der Waals surface area (Å²) in [7, 11) is 3.90. The van der Waals surface area contributed by atoms with E-state index in [-0.39, 0.29) is 11.9 Å². The molecule has 2 N–H and O–H groups in total. The Balaban J connectivity index is 2.20. The molecule has 0 saturated carbocycles. The Kier molecular flexibility index (Phi) is 4.96. The van der Waals surface area contributed by atoms with Crippen LogP contribution < -0.4 is 10.6 Å². The molecule has 0 amide bonds. The third-order valence-corrected chi connectivity index (χ3v) is 3.64. The fourth-order valence-electron chi connectivity index (χ4n) is 2.43. The standard InChI is InChI=1S/C16H23FN4/c1-4-15(18)8-13-7-14(17)5-6-16(13)20(2)10-12-9-19-21(3)11-12/h5-7,9,11,15H,4,8,10,18H2,1-3H3. The van der Waals surface area contributed by atoms with Crippen molar-refractivity contribution in [2.75, 3.05) is 11.9 Å². The maximum Gasteiger partial charge on any atom is 0.123 e. The molecule has 5 heteroatoms. The summed E-state index contributed by atoms with van der Waals surface area (Å²) in [5.41, 5.74) is 9.12. The number of benzene rings is 1. The molecule has 0 aliphatic carbocycles. The third-order valence-electron chi connectivity index (χ3n) is 3.64. The van der Waals surface area contributed by atoms with E-state index >= 15 is 0 Å². The van der Waals surface area contributed by atoms with E-state index in [0.29, 0.717) is 6.42 Å². The second kappa shape index (κ2) is 6.72. The summed E-state index contributed by atoms with van der Waals surface area (Å²) in [5.74, 6) is -0.216. The van der Waals surface area contributed by atoms with Crippen LogP contribution in [-0.2, 0) is 20.0 Å². The zero-order chi connectivity index (χ0) is 15.4. The van der Waals surface area contributed by atoms with E-state index in [2.05, 4.69) is 10.00 Å². The van der Waals surface area contributed by atoms with Gasteiger partial charge in [0.1, 0.15) is 5.82 Å². The van der Waals surface area contributed by atoms with E-state index in [0.717, 1.165) is 29.8 Å². The molecule has 0 aliphatic rings. The minimum absolute atomic E-state index is 0.0531. The van der Waals surface area contributed by atoms with Crippen LogP contribution in [0.2, 0.25) is 0 Å². The van der Waals surface area contributed by atoms with Crippen LogP contribution in [0, 0.1) is 5.82 Å². The van der Waals surface area contributed by atoms with Crippen LogP contribution in [0.3, 0.4) is 0 Å². The summed E-state index contributed by atoms with van der Waals surface area (Å²) in [6, 6.07) is 4.96. The lowest BCUT2D eigenvalue weighted by Gasteiger charge is -2.23. The van der Waals surface area contributed by atoms with Gasteiger partial charge in [0.05, 0.1) is 6.20 Å². The van der Waals surface area contributed by atoms with Crippen LogP contribution >= 0.6 is 0 Å². The molecule has 0 radical (unpaired) electrons. The van der Waals surface area contributed by atoms with Gasteiger partial charge in [-0.3, -0.25) is 4.68 Å². The lowest BCUT2D eigenvalue weighted by Crippen LogP contribution is -2.24. The number of anilines is 1. The Labute approximate surface area is 125 Å². The number of rotatable bonds is 6. The Bertz CT molecular complexity index is 594. The molecule has 1 atom stereocenters. The molecule has 21 heavy (non-hydrogen) atoms. The lowest BCUT2D eigenvalue weighted by atomic mass is 10.0. The average molecular weight is 290 g/mol. The Morgan fingerprint density at radius 3 is 2.81 bits per heavy atom. The largest absolute Gasteiger partial charge is 0.370 e. The molecular formula is C16H23FN4. The third kappa shape index (κ3) is 4.04. The number of hydrogen-bond donors (Lipinski definition) is 1. The van der Waals surface area contributed by atoms with Crippen molar-refractivity contribution in [2.45, 2.75) is 32.4 Å². The predicted molar refractivity (Wildman–Crippen MR) is 83.7 cm³/mol. The van der Waals surface area contributed by atoms with E-state index in [1.54, 1.807) is 10.7 Å². The Morgan fingerprint density at radius 2 is 2.19 bits per heavy atom. The summed E-state index contributed by atoms with van der Waals surface area (Å²) in [4.78, 5) is 2.11. The van der Waals surface area contributed by atoms with E-state index in [9.17, 15) is 4.39 Å². The van der Waals surface area contributed by atoms with Crippen molar-refractivity contribution in [3.63, 3.8) is 0 Å². The minimum Gasteiger partial charge on any atom is -0.370 e. The summed E-state index contributed by atoms with van der Waals surface area (Å²) in [6.07, 6.45) is 5.39. The van der Waals surface area contributed by atoms with Crippen molar-refractivity contribution in [1.29, 1.82) is 0 Å². The van der Waals surface area contributed by atoms with Crippen LogP contribution in [-0.4, -0.2) is 22.9 Å². The molecule has 2 rings (SSSR count). The highest BCUT2D eigenvalue weighted by Crippen LogP contribution is 2.24. The van der Waals surface area contributed by atoms with Gasteiger partial charge >= 0.3 is 0 Å². The van der Waals surface area contributed by atoms with Crippen molar-refractivity contribution in [3.8, 4) is 0 Å². The van der Waals surface area contributed by atoms with Gasteiger partial charge in [0.15, 0.2) is 0 Å². The van der Waals surface area contributed by atoms with Gasteiger partial charge in [-0.25, -0.2) is 4.39 Å². The molecule has 1 aromatic carbocycles. The molecule has 0 bridgehead atoms. The molecule has 0 saturated heterocycles. The predicted octanol–water partition coefficient (Wildman–Crippen LogP) is 2.48. The van der Waals surface area contributed by atoms with E-state index in [4.69, 9.17) is 5.73 Å². The van der Waals surface area contributed by atoms with Crippen LogP contribution in [0.25, 0.3) is 0 Å². The quantitative estimate of drug-likeness (QED) is 0.889. The number of nitrogens with two attached hydrogens (primary N) is 1. The van der Waals surface area contributed by atoms with Gasteiger partial charge < -0.3 is 10.6 Å². The molecule has 1 unspecified atom stereocenters. The Morgan fingerprint density at radius 1 is 1.43 bits per heavy atom. The molecule has 1 heterocycles. The summed E-state index contributed by atoms with van der Waals surface area (Å²) in [6.45, 7) is 2.77. The van der Waals surface area contributed by atoms with E-state index in [1.807, 2.05) is 39.5 Å². The molecule has 114 valence electrons. The van der Waals surface area contributed by atoms with Gasteiger partial charge in [-0.15, -0.1) is 0 Å². The first-order chi connectivity index (χ1) is 9.99. The first kappa shape index (κ1) is 15.5. The molecule has 2 aromatic rings. The molecule has 0 aliphatic heterocycles. The van der Waals surface area contributed by atoms with E-state index < -0.39 is 0 Å². The summed E-state index contributed by atoms with van der Waals surface area (Å²) >= 11 is 0. The van der Waals surface area contributed by atoms with Crippen molar-refractivity contribution in [1.82, 2.24) is 9.78 Å². The van der Waals surface area contributed by atoms with Gasteiger partial charge in [0, 0.05) is 44.1 Å². The van der Waals surface area contributed by atoms with Crippen molar-refractivity contribution >= 4 is 5.69 Å². The first-order valence-electron chi connectivity index (χ1n) is 7.22. The number of aromatic nitrogens is 2. The molecule has 0 spiro atoms. The maximum atomic E-state index is 13.5. The van der Waals surface area contributed by atoms with E-state index in [1.165, 1.54) is 6.07 Å². The van der Waals surface area contributed by atoms with Crippen LogP contribution in [0.5, 0.6) is 0 Å². The lowest BCUT2D eigenvalue weighted by molar-refractivity contribution is 0.613. The molecule has 4 nitrogen and oxygen atoms in total. The topological polar surface area (TPSA) is 47.1 Å². The van der Waals surface area contributed by atoms with Gasteiger partial charge in [-0.05, 0) is 36.6 Å². The van der Waals surface area contributed by atoms with Crippen LogP contribution in [0.4, 0.5) is 10.1 Å². The smallest absolute Gasteiger partial charge is 0.123 e. The molecule has 0 fully saturated rings. The second-order valence-electron chi connectivity index (χ2n) is 5.52. The monoisotopic (exact) mass is 290 g/mol. The molecular weight excluding hydrogens is 267 g/mol. The molecule has 1 aromatic heterocycles. The fraction of sp³-hybridized carbons (Fsp3) is 0.438. The highest BCUT2D eigenvalue weighted by Gasteiger charge is 2.12. The highest BCUT2D eigenvalue weighted by atomic mass is 19.1. The second-order valence-corrected chi connectivity index (χ2v) is 5.52. The van der Waals surface area contributed by atoms with Gasteiger partial charge in [0.2, 0.25) is 0 Å². The average Bonchev–Trinajstić information content (AvgIpc) is 2.84. The van der Waals surface area contributed by atoms with Crippen LogP contribution in [0.1, 0.15) is 24.5 Å². The normalized spacial score (nSPS) is 12.4. The van der Waals surface area contributed by atoms with Gasteiger partial charge in [-0.1, -0.05) is 6.92 Å². The first-order valence-corrected chi connectivity index (χ1v) is 7.22. The number of halogens is 1.